The molecule has 0 amide bonds. The van der Waals surface area contributed by atoms with Crippen molar-refractivity contribution in [3.8, 4) is 0 Å². The Morgan fingerprint density at radius 3 is 2.20 bits per heavy atom. The van der Waals surface area contributed by atoms with Crippen LogP contribution in [0.5, 0.6) is 0 Å². The van der Waals surface area contributed by atoms with Crippen LogP contribution in [-0.2, 0) is 22.3 Å². The van der Waals surface area contributed by atoms with E-state index in [0.717, 1.165) is 44.1 Å². The molecule has 9 heteroatoms. The van der Waals surface area contributed by atoms with Crippen molar-refractivity contribution in [3.05, 3.63) is 47.5 Å². The molecule has 0 saturated carbocycles. The smallest absolute Gasteiger partial charge is 0.416 e. The van der Waals surface area contributed by atoms with Gasteiger partial charge in [-0.2, -0.15) is 13.2 Å². The molecule has 1 aliphatic rings. The zero-order valence-corrected chi connectivity index (χ0v) is 17.2. The number of aliphatic carboxylic acids is 2. The summed E-state index contributed by atoms with van der Waals surface area (Å²) in [4.78, 5) is 21.5. The van der Waals surface area contributed by atoms with Crippen LogP contribution in [0.2, 0.25) is 0 Å². The molecular formula is C21H29F3N2O4. The summed E-state index contributed by atoms with van der Waals surface area (Å²) >= 11 is 0. The summed E-state index contributed by atoms with van der Waals surface area (Å²) in [6.45, 7) is 7.79. The molecule has 3 N–H and O–H groups in total. The number of piperidine rings is 1. The number of rotatable bonds is 7. The maximum absolute atomic E-state index is 12.8. The number of benzene rings is 1. The van der Waals surface area contributed by atoms with Crippen LogP contribution < -0.4 is 5.32 Å². The third-order valence-corrected chi connectivity index (χ3v) is 4.43. The van der Waals surface area contributed by atoms with E-state index in [1.807, 2.05) is 0 Å². The van der Waals surface area contributed by atoms with Gasteiger partial charge in [0.05, 0.1) is 5.56 Å². The highest BCUT2D eigenvalue weighted by molar-refractivity contribution is 5.89. The molecule has 6 nitrogen and oxygen atoms in total. The van der Waals surface area contributed by atoms with Crippen molar-refractivity contribution in [1.82, 2.24) is 10.2 Å². The molecule has 30 heavy (non-hydrogen) atoms. The third-order valence-electron chi connectivity index (χ3n) is 4.43. The Hall–Kier alpha value is -2.39. The first-order chi connectivity index (χ1) is 14.0. The minimum atomic E-state index is -4.27. The first kappa shape index (κ1) is 25.6. The van der Waals surface area contributed by atoms with Gasteiger partial charge >= 0.3 is 18.1 Å². The molecule has 1 fully saturated rings. The van der Waals surface area contributed by atoms with Crippen LogP contribution in [0.3, 0.4) is 0 Å². The Kier molecular flexibility index (Phi) is 10.5. The van der Waals surface area contributed by atoms with Gasteiger partial charge in [-0.1, -0.05) is 32.0 Å². The zero-order valence-electron chi connectivity index (χ0n) is 17.2. The maximum Gasteiger partial charge on any atom is 0.416 e. The molecule has 0 aromatic heterocycles. The summed E-state index contributed by atoms with van der Waals surface area (Å²) in [7, 11) is 0. The van der Waals surface area contributed by atoms with Crippen molar-refractivity contribution in [3.63, 3.8) is 0 Å². The number of carboxylic acid groups (broad SMARTS) is 2. The molecule has 2 rings (SSSR count). The lowest BCUT2D eigenvalue weighted by Crippen LogP contribution is -2.44. The Balaban J connectivity index is 0.000000479. The first-order valence-corrected chi connectivity index (χ1v) is 9.74. The largest absolute Gasteiger partial charge is 0.478 e. The molecule has 0 spiro atoms. The molecule has 0 aliphatic carbocycles. The van der Waals surface area contributed by atoms with Gasteiger partial charge in [0, 0.05) is 31.3 Å². The number of halogens is 3. The highest BCUT2D eigenvalue weighted by Gasteiger charge is 2.30. The minimum Gasteiger partial charge on any atom is -0.478 e. The second-order valence-corrected chi connectivity index (χ2v) is 7.51. The number of hydrogen-bond donors (Lipinski definition) is 3. The van der Waals surface area contributed by atoms with Crippen LogP contribution in [0.1, 0.15) is 37.8 Å². The number of hydrogen-bond acceptors (Lipinski definition) is 4. The molecule has 1 saturated heterocycles. The van der Waals surface area contributed by atoms with Gasteiger partial charge in [0.2, 0.25) is 0 Å². The highest BCUT2D eigenvalue weighted by atomic mass is 19.4. The average molecular weight is 430 g/mol. The van der Waals surface area contributed by atoms with E-state index in [9.17, 15) is 22.8 Å². The molecule has 0 unspecified atom stereocenters. The van der Waals surface area contributed by atoms with Crippen molar-refractivity contribution in [2.24, 2.45) is 5.92 Å². The molecule has 1 aromatic carbocycles. The summed E-state index contributed by atoms with van der Waals surface area (Å²) < 4.78 is 38.5. The third kappa shape index (κ3) is 10.4. The first-order valence-electron chi connectivity index (χ1n) is 9.74. The molecule has 1 aromatic rings. The van der Waals surface area contributed by atoms with Gasteiger partial charge in [-0.05, 0) is 43.5 Å². The monoisotopic (exact) mass is 430 g/mol. The Bertz CT molecular complexity index is 698. The molecule has 1 heterocycles. The lowest BCUT2D eigenvalue weighted by atomic mass is 10.0. The predicted molar refractivity (Wildman–Crippen MR) is 107 cm³/mol. The summed E-state index contributed by atoms with van der Waals surface area (Å²) in [5.41, 5.74) is 0.189. The van der Waals surface area contributed by atoms with Gasteiger partial charge in [-0.15, -0.1) is 0 Å². The fraction of sp³-hybridized carbons (Fsp3) is 0.524. The maximum atomic E-state index is 12.8. The predicted octanol–water partition coefficient (Wildman–Crippen LogP) is 3.63. The zero-order chi connectivity index (χ0) is 22.7. The van der Waals surface area contributed by atoms with E-state index in [1.165, 1.54) is 12.1 Å². The molecule has 0 radical (unpaired) electrons. The van der Waals surface area contributed by atoms with Crippen molar-refractivity contribution in [2.75, 3.05) is 19.6 Å². The fourth-order valence-electron chi connectivity index (χ4n) is 3.21. The number of nitrogens with one attached hydrogen (secondary N) is 1. The average Bonchev–Trinajstić information content (AvgIpc) is 2.66. The summed E-state index contributed by atoms with van der Waals surface area (Å²) in [6.07, 6.45) is -1.03. The van der Waals surface area contributed by atoms with E-state index >= 15 is 0 Å². The summed E-state index contributed by atoms with van der Waals surface area (Å²) in [5, 5.41) is 19.0. The second kappa shape index (κ2) is 12.3. The SMILES string of the molecule is CC(C)CN(Cc1cccc(C(F)(F)F)c1)C1CCNCC1.O=C(O)C=CC(=O)O. The molecule has 1 aliphatic heterocycles. The van der Waals surface area contributed by atoms with E-state index < -0.39 is 23.7 Å². The number of alkyl halides is 3. The Morgan fingerprint density at radius 1 is 1.17 bits per heavy atom. The lowest BCUT2D eigenvalue weighted by molar-refractivity contribution is -0.137. The normalized spacial score (nSPS) is 15.3. The van der Waals surface area contributed by atoms with Crippen LogP contribution in [0.15, 0.2) is 36.4 Å². The number of carbonyl (C=O) groups is 2. The van der Waals surface area contributed by atoms with Crippen molar-refractivity contribution in [2.45, 2.75) is 45.5 Å². The van der Waals surface area contributed by atoms with Crippen molar-refractivity contribution >= 4 is 11.9 Å². The van der Waals surface area contributed by atoms with E-state index in [2.05, 4.69) is 24.1 Å². The van der Waals surface area contributed by atoms with Crippen LogP contribution in [0.25, 0.3) is 0 Å². The molecule has 0 bridgehead atoms. The van der Waals surface area contributed by atoms with Crippen molar-refractivity contribution < 1.29 is 33.0 Å². The minimum absolute atomic E-state index is 0.457. The summed E-state index contributed by atoms with van der Waals surface area (Å²) in [6, 6.07) is 6.19. The topological polar surface area (TPSA) is 89.9 Å². The molecule has 168 valence electrons. The summed E-state index contributed by atoms with van der Waals surface area (Å²) in [5.74, 6) is -2.01. The van der Waals surface area contributed by atoms with Gasteiger partial charge in [0.25, 0.3) is 0 Å². The van der Waals surface area contributed by atoms with E-state index in [4.69, 9.17) is 10.2 Å². The number of carboxylic acids is 2. The van der Waals surface area contributed by atoms with Crippen LogP contribution in [-0.4, -0.2) is 52.7 Å². The van der Waals surface area contributed by atoms with E-state index in [0.29, 0.717) is 30.7 Å². The Labute approximate surface area is 174 Å². The Morgan fingerprint density at radius 2 is 1.73 bits per heavy atom. The van der Waals surface area contributed by atoms with Crippen molar-refractivity contribution in [1.29, 1.82) is 0 Å². The second-order valence-electron chi connectivity index (χ2n) is 7.51. The quantitative estimate of drug-likeness (QED) is 0.573. The van der Waals surface area contributed by atoms with Crippen LogP contribution in [0, 0.1) is 5.92 Å². The van der Waals surface area contributed by atoms with E-state index in [1.54, 1.807) is 6.07 Å². The van der Waals surface area contributed by atoms with Gasteiger partial charge < -0.3 is 15.5 Å². The standard InChI is InChI=1S/C17H25F3N2.C4H4O4/c1-13(2)11-22(16-6-8-21-9-7-16)12-14-4-3-5-15(10-14)17(18,19)20;5-3(6)1-2-4(7)8/h3-5,10,13,16,21H,6-9,11-12H2,1-2H3;1-2H,(H,5,6)(H,7,8). The number of nitrogens with zero attached hydrogens (tertiary/aromatic N) is 1. The molecular weight excluding hydrogens is 401 g/mol. The van der Waals surface area contributed by atoms with Gasteiger partial charge in [-0.25, -0.2) is 9.59 Å². The fourth-order valence-corrected chi connectivity index (χ4v) is 3.21. The van der Waals surface area contributed by atoms with Gasteiger partial charge in [0.1, 0.15) is 0 Å². The van der Waals surface area contributed by atoms with Crippen LogP contribution >= 0.6 is 0 Å². The molecule has 0 atom stereocenters. The van der Waals surface area contributed by atoms with Gasteiger partial charge in [-0.3, -0.25) is 4.90 Å². The van der Waals surface area contributed by atoms with Crippen LogP contribution in [0.4, 0.5) is 13.2 Å². The van der Waals surface area contributed by atoms with Gasteiger partial charge in [0.15, 0.2) is 0 Å². The lowest BCUT2D eigenvalue weighted by Gasteiger charge is -2.36. The highest BCUT2D eigenvalue weighted by Crippen LogP contribution is 2.30. The van der Waals surface area contributed by atoms with E-state index in [-0.39, 0.29) is 0 Å².